The van der Waals surface area contributed by atoms with Crippen molar-refractivity contribution in [2.75, 3.05) is 6.61 Å². The maximum absolute atomic E-state index is 12.5. The molecule has 0 bridgehead atoms. The van der Waals surface area contributed by atoms with Gasteiger partial charge in [0.1, 0.15) is 0 Å². The number of nitrogens with one attached hydrogen (secondary N) is 1. The molecule has 0 aliphatic rings. The molecule has 0 aliphatic heterocycles. The van der Waals surface area contributed by atoms with Crippen LogP contribution in [0.25, 0.3) is 0 Å². The second kappa shape index (κ2) is 54.7. The molecule has 0 saturated heterocycles. The Morgan fingerprint density at radius 1 is 0.381 bits per heavy atom. The summed E-state index contributed by atoms with van der Waals surface area (Å²) in [6.07, 6.45) is 75.6. The van der Waals surface area contributed by atoms with Crippen molar-refractivity contribution >= 4 is 5.91 Å². The quantitative estimate of drug-likeness (QED) is 0.0421. The molecule has 0 rings (SSSR count). The van der Waals surface area contributed by atoms with E-state index < -0.39 is 12.1 Å². The van der Waals surface area contributed by atoms with Crippen LogP contribution in [-0.4, -0.2) is 34.9 Å². The summed E-state index contributed by atoms with van der Waals surface area (Å²) < 4.78 is 0. The summed E-state index contributed by atoms with van der Waals surface area (Å²) in [5.41, 5.74) is 0. The fourth-order valence-corrected chi connectivity index (χ4v) is 8.70. The largest absolute Gasteiger partial charge is 0.394 e. The Morgan fingerprint density at radius 3 is 1.02 bits per heavy atom. The molecule has 4 heteroatoms. The van der Waals surface area contributed by atoms with Crippen LogP contribution in [0.4, 0.5) is 0 Å². The summed E-state index contributed by atoms with van der Waals surface area (Å²) in [5.74, 6) is -0.0696. The fourth-order valence-electron chi connectivity index (χ4n) is 8.70. The topological polar surface area (TPSA) is 69.6 Å². The second-order valence-electron chi connectivity index (χ2n) is 19.3. The van der Waals surface area contributed by atoms with Crippen molar-refractivity contribution in [3.8, 4) is 0 Å². The van der Waals surface area contributed by atoms with Gasteiger partial charge in [-0.25, -0.2) is 0 Å². The van der Waals surface area contributed by atoms with Crippen molar-refractivity contribution in [1.29, 1.82) is 0 Å². The summed E-state index contributed by atoms with van der Waals surface area (Å²) in [7, 11) is 0. The summed E-state index contributed by atoms with van der Waals surface area (Å²) in [4.78, 5) is 12.5. The van der Waals surface area contributed by atoms with E-state index in [2.05, 4.69) is 55.6 Å². The Morgan fingerprint density at radius 2 is 0.667 bits per heavy atom. The Balaban J connectivity index is 3.49. The fraction of sp³-hybridized carbons (Fsp3) is 0.847. The van der Waals surface area contributed by atoms with Crippen molar-refractivity contribution in [3.63, 3.8) is 0 Å². The third-order valence-electron chi connectivity index (χ3n) is 13.0. The summed E-state index contributed by atoms with van der Waals surface area (Å²) in [5, 5.41) is 23.1. The monoisotopic (exact) mass is 882 g/mol. The van der Waals surface area contributed by atoms with Crippen molar-refractivity contribution < 1.29 is 15.0 Å². The number of aliphatic hydroxyl groups excluding tert-OH is 2. The number of unbranched alkanes of at least 4 members (excludes halogenated alkanes) is 39. The maximum atomic E-state index is 12.5. The van der Waals surface area contributed by atoms with Crippen LogP contribution in [0, 0.1) is 0 Å². The van der Waals surface area contributed by atoms with E-state index in [1.165, 1.54) is 244 Å². The van der Waals surface area contributed by atoms with Crippen LogP contribution in [0.3, 0.4) is 0 Å². The molecule has 0 aromatic heterocycles. The van der Waals surface area contributed by atoms with Crippen LogP contribution in [-0.2, 0) is 4.79 Å². The highest BCUT2D eigenvalue weighted by atomic mass is 16.3. The first kappa shape index (κ1) is 61.4. The van der Waals surface area contributed by atoms with Gasteiger partial charge in [-0.05, 0) is 64.2 Å². The summed E-state index contributed by atoms with van der Waals surface area (Å²) >= 11 is 0. The van der Waals surface area contributed by atoms with Gasteiger partial charge in [-0.1, -0.05) is 281 Å². The van der Waals surface area contributed by atoms with Gasteiger partial charge in [0.15, 0.2) is 0 Å². The van der Waals surface area contributed by atoms with Gasteiger partial charge in [0, 0.05) is 6.42 Å². The van der Waals surface area contributed by atoms with E-state index >= 15 is 0 Å². The number of hydrogen-bond acceptors (Lipinski definition) is 3. The van der Waals surface area contributed by atoms with Gasteiger partial charge in [-0.3, -0.25) is 4.79 Å². The zero-order valence-electron chi connectivity index (χ0n) is 42.6. The molecule has 3 N–H and O–H groups in total. The molecule has 0 aliphatic carbocycles. The first-order valence-electron chi connectivity index (χ1n) is 28.4. The van der Waals surface area contributed by atoms with Crippen molar-refractivity contribution in [3.05, 3.63) is 48.6 Å². The minimum Gasteiger partial charge on any atom is -0.394 e. The standard InChI is InChI=1S/C59H111NO3/c1-3-5-7-9-11-13-15-17-19-21-23-25-26-27-28-29-30-31-32-33-34-35-37-39-41-43-45-47-49-51-53-55-59(63)60-57(56-61)58(62)54-52-50-48-46-44-42-40-38-36-24-22-20-18-16-14-12-10-8-6-4-2/h15,17,21,23,44,46,52,54,57-58,61-62H,3-14,16,18-20,22,24-43,45,47-51,53,55-56H2,1-2H3,(H,60,63)/b17-15-,23-21-,46-44+,54-52+. The van der Waals surface area contributed by atoms with Crippen molar-refractivity contribution in [1.82, 2.24) is 5.32 Å². The highest BCUT2D eigenvalue weighted by molar-refractivity contribution is 5.76. The smallest absolute Gasteiger partial charge is 0.220 e. The Kier molecular flexibility index (Phi) is 53.3. The lowest BCUT2D eigenvalue weighted by atomic mass is 10.0. The van der Waals surface area contributed by atoms with E-state index in [-0.39, 0.29) is 12.5 Å². The molecule has 2 unspecified atom stereocenters. The average Bonchev–Trinajstić information content (AvgIpc) is 3.29. The molecule has 0 fully saturated rings. The van der Waals surface area contributed by atoms with Crippen molar-refractivity contribution in [2.45, 2.75) is 315 Å². The molecule has 0 heterocycles. The minimum absolute atomic E-state index is 0.0696. The number of carbonyl (C=O) groups is 1. The third-order valence-corrected chi connectivity index (χ3v) is 13.0. The second-order valence-corrected chi connectivity index (χ2v) is 19.3. The molecule has 0 saturated carbocycles. The Bertz CT molecular complexity index is 1000. The van der Waals surface area contributed by atoms with E-state index in [0.717, 1.165) is 38.5 Å². The molecule has 370 valence electrons. The predicted molar refractivity (Wildman–Crippen MR) is 281 cm³/mol. The number of allylic oxidation sites excluding steroid dienone is 7. The molecular weight excluding hydrogens is 771 g/mol. The van der Waals surface area contributed by atoms with Crippen LogP contribution >= 0.6 is 0 Å². The van der Waals surface area contributed by atoms with Crippen LogP contribution in [0.15, 0.2) is 48.6 Å². The molecular formula is C59H111NO3. The molecule has 1 amide bonds. The lowest BCUT2D eigenvalue weighted by Gasteiger charge is -2.19. The normalized spacial score (nSPS) is 13.1. The van der Waals surface area contributed by atoms with Crippen LogP contribution < -0.4 is 5.32 Å². The van der Waals surface area contributed by atoms with Gasteiger partial charge >= 0.3 is 0 Å². The summed E-state index contributed by atoms with van der Waals surface area (Å²) in [6.45, 7) is 4.31. The van der Waals surface area contributed by atoms with Gasteiger partial charge in [-0.15, -0.1) is 0 Å². The van der Waals surface area contributed by atoms with Gasteiger partial charge in [-0.2, -0.15) is 0 Å². The first-order chi connectivity index (χ1) is 31.2. The number of rotatable bonds is 52. The average molecular weight is 883 g/mol. The summed E-state index contributed by atoms with van der Waals surface area (Å²) in [6, 6.07) is -0.639. The zero-order chi connectivity index (χ0) is 45.6. The highest BCUT2D eigenvalue weighted by Crippen LogP contribution is 2.17. The van der Waals surface area contributed by atoms with Gasteiger partial charge in [0.05, 0.1) is 18.8 Å². The lowest BCUT2D eigenvalue weighted by Crippen LogP contribution is -2.45. The molecule has 0 radical (unpaired) electrons. The highest BCUT2D eigenvalue weighted by Gasteiger charge is 2.18. The molecule has 0 aromatic rings. The lowest BCUT2D eigenvalue weighted by molar-refractivity contribution is -0.123. The molecule has 4 nitrogen and oxygen atoms in total. The van der Waals surface area contributed by atoms with E-state index in [1.807, 2.05) is 6.08 Å². The number of hydrogen-bond donors (Lipinski definition) is 3. The van der Waals surface area contributed by atoms with E-state index in [0.29, 0.717) is 6.42 Å². The van der Waals surface area contributed by atoms with Gasteiger partial charge in [0.25, 0.3) is 0 Å². The Labute approximate surface area is 394 Å². The van der Waals surface area contributed by atoms with Crippen LogP contribution in [0.1, 0.15) is 303 Å². The van der Waals surface area contributed by atoms with E-state index in [4.69, 9.17) is 0 Å². The minimum atomic E-state index is -0.862. The van der Waals surface area contributed by atoms with E-state index in [9.17, 15) is 15.0 Å². The number of aliphatic hydroxyl groups is 2. The van der Waals surface area contributed by atoms with E-state index in [1.54, 1.807) is 6.08 Å². The van der Waals surface area contributed by atoms with Crippen LogP contribution in [0.2, 0.25) is 0 Å². The Hall–Kier alpha value is -1.65. The molecule has 2 atom stereocenters. The van der Waals surface area contributed by atoms with Gasteiger partial charge in [0.2, 0.25) is 5.91 Å². The number of carbonyl (C=O) groups excluding carboxylic acids is 1. The van der Waals surface area contributed by atoms with Gasteiger partial charge < -0.3 is 15.5 Å². The predicted octanol–water partition coefficient (Wildman–Crippen LogP) is 18.6. The molecule has 0 spiro atoms. The molecule has 0 aromatic carbocycles. The SMILES string of the molecule is CCCCCCC/C=C\C/C=C\CCCCCCCCCCCCCCCCCCCCCC(=O)NC(CO)C(O)/C=C/CC/C=C/CCCCCCCCCCCCCCCC. The van der Waals surface area contributed by atoms with Crippen LogP contribution in [0.5, 0.6) is 0 Å². The number of amides is 1. The maximum Gasteiger partial charge on any atom is 0.220 e. The third kappa shape index (κ3) is 51.2. The zero-order valence-corrected chi connectivity index (χ0v) is 42.6. The molecule has 63 heavy (non-hydrogen) atoms. The van der Waals surface area contributed by atoms with Crippen molar-refractivity contribution in [2.24, 2.45) is 0 Å². The first-order valence-corrected chi connectivity index (χ1v) is 28.4.